The van der Waals surface area contributed by atoms with E-state index in [9.17, 15) is 4.39 Å². The zero-order valence-corrected chi connectivity index (χ0v) is 18.9. The minimum absolute atomic E-state index is 0.179. The molecule has 0 saturated carbocycles. The molecule has 0 aliphatic heterocycles. The number of aromatic nitrogens is 2. The lowest BCUT2D eigenvalue weighted by molar-refractivity contribution is 0.300. The quantitative estimate of drug-likeness (QED) is 0.248. The van der Waals surface area contributed by atoms with E-state index in [0.29, 0.717) is 11.3 Å². The van der Waals surface area contributed by atoms with Crippen molar-refractivity contribution >= 4 is 21.7 Å². The summed E-state index contributed by atoms with van der Waals surface area (Å²) in [6, 6.07) is 33.1. The molecule has 0 N–H and O–H groups in total. The summed E-state index contributed by atoms with van der Waals surface area (Å²) in [7, 11) is 0. The van der Waals surface area contributed by atoms with Crippen LogP contribution < -0.4 is 4.74 Å². The van der Waals surface area contributed by atoms with E-state index in [4.69, 9.17) is 9.72 Å². The molecule has 4 aromatic carbocycles. The van der Waals surface area contributed by atoms with E-state index in [-0.39, 0.29) is 12.4 Å². The molecule has 0 amide bonds. The molecular weight excluding hydrogens is 435 g/mol. The third-order valence-electron chi connectivity index (χ3n) is 6.17. The molecule has 0 radical (unpaired) electrons. The molecule has 35 heavy (non-hydrogen) atoms. The number of halogens is 1. The molecule has 168 valence electrons. The van der Waals surface area contributed by atoms with Gasteiger partial charge in [0.1, 0.15) is 18.2 Å². The van der Waals surface area contributed by atoms with E-state index in [2.05, 4.69) is 53.5 Å². The summed E-state index contributed by atoms with van der Waals surface area (Å²) in [5.74, 6) is 0.413. The Bertz CT molecular complexity index is 1650. The van der Waals surface area contributed by atoms with Crippen molar-refractivity contribution in [1.82, 2.24) is 9.97 Å². The Morgan fingerprint density at radius 2 is 1.57 bits per heavy atom. The van der Waals surface area contributed by atoms with Crippen molar-refractivity contribution in [1.29, 1.82) is 0 Å². The van der Waals surface area contributed by atoms with Crippen molar-refractivity contribution in [2.24, 2.45) is 0 Å². The number of rotatable bonds is 5. The Morgan fingerprint density at radius 3 is 2.40 bits per heavy atom. The molecule has 0 bridgehead atoms. The largest absolute Gasteiger partial charge is 0.489 e. The summed E-state index contributed by atoms with van der Waals surface area (Å²) in [6.45, 7) is 0.179. The summed E-state index contributed by atoms with van der Waals surface area (Å²) in [4.78, 5) is 9.36. The zero-order chi connectivity index (χ0) is 23.6. The monoisotopic (exact) mass is 456 g/mol. The molecule has 6 aromatic rings. The first-order chi connectivity index (χ1) is 17.3. The van der Waals surface area contributed by atoms with Gasteiger partial charge < -0.3 is 4.74 Å². The van der Waals surface area contributed by atoms with E-state index in [0.717, 1.165) is 33.3 Å². The van der Waals surface area contributed by atoms with E-state index in [1.54, 1.807) is 24.4 Å². The number of ether oxygens (including phenoxy) is 1. The Morgan fingerprint density at radius 1 is 0.743 bits per heavy atom. The molecule has 4 heteroatoms. The molecule has 0 saturated heterocycles. The van der Waals surface area contributed by atoms with Gasteiger partial charge in [0.05, 0.1) is 11.2 Å². The fourth-order valence-electron chi connectivity index (χ4n) is 4.40. The predicted octanol–water partition coefficient (Wildman–Crippen LogP) is 7.84. The number of fused-ring (bicyclic) bond motifs is 3. The van der Waals surface area contributed by atoms with Crippen LogP contribution in [0.2, 0.25) is 0 Å². The van der Waals surface area contributed by atoms with Crippen molar-refractivity contribution in [2.75, 3.05) is 0 Å². The van der Waals surface area contributed by atoms with E-state index in [1.165, 1.54) is 16.8 Å². The second-order valence-electron chi connectivity index (χ2n) is 8.38. The summed E-state index contributed by atoms with van der Waals surface area (Å²) >= 11 is 0. The van der Waals surface area contributed by atoms with Gasteiger partial charge in [-0.05, 0) is 64.9 Å². The van der Waals surface area contributed by atoms with Crippen LogP contribution in [0.1, 0.15) is 5.56 Å². The standard InChI is InChI=1S/C31H21FN2O/c32-28-10-4-2-7-24(28)20-35-25-14-11-22(12-15-25)30-18-27(23-8-5-17-33-19-23)31-26-9-3-1-6-21(26)13-16-29(31)34-30/h1-19H,20H2. The fourth-order valence-corrected chi connectivity index (χ4v) is 4.40. The lowest BCUT2D eigenvalue weighted by Gasteiger charge is -2.13. The van der Waals surface area contributed by atoms with Crippen molar-refractivity contribution in [3.05, 3.63) is 127 Å². The summed E-state index contributed by atoms with van der Waals surface area (Å²) < 4.78 is 19.7. The van der Waals surface area contributed by atoms with E-state index < -0.39 is 0 Å². The van der Waals surface area contributed by atoms with Crippen molar-refractivity contribution in [3.8, 4) is 28.1 Å². The average Bonchev–Trinajstić information content (AvgIpc) is 2.92. The van der Waals surface area contributed by atoms with E-state index in [1.807, 2.05) is 36.5 Å². The Labute approximate surface area is 202 Å². The summed E-state index contributed by atoms with van der Waals surface area (Å²) in [5, 5.41) is 3.46. The lowest BCUT2D eigenvalue weighted by Crippen LogP contribution is -1.98. The highest BCUT2D eigenvalue weighted by Crippen LogP contribution is 2.36. The van der Waals surface area contributed by atoms with Crippen molar-refractivity contribution < 1.29 is 9.13 Å². The van der Waals surface area contributed by atoms with Crippen molar-refractivity contribution in [2.45, 2.75) is 6.61 Å². The Kier molecular flexibility index (Phi) is 5.39. The first kappa shape index (κ1) is 21.0. The maximum Gasteiger partial charge on any atom is 0.129 e. The maximum absolute atomic E-state index is 13.9. The molecule has 6 rings (SSSR count). The van der Waals surface area contributed by atoms with E-state index >= 15 is 0 Å². The third-order valence-corrected chi connectivity index (χ3v) is 6.17. The number of benzene rings is 4. The molecule has 0 unspecified atom stereocenters. The fraction of sp³-hybridized carbons (Fsp3) is 0.0323. The summed E-state index contributed by atoms with van der Waals surface area (Å²) in [5.41, 5.74) is 5.44. The van der Waals surface area contributed by atoms with Gasteiger partial charge in [0.25, 0.3) is 0 Å². The highest BCUT2D eigenvalue weighted by atomic mass is 19.1. The van der Waals surface area contributed by atoms with Crippen LogP contribution in [-0.4, -0.2) is 9.97 Å². The van der Waals surface area contributed by atoms with Gasteiger partial charge in [-0.15, -0.1) is 0 Å². The number of pyridine rings is 2. The molecule has 0 aliphatic carbocycles. The van der Waals surface area contributed by atoms with Gasteiger partial charge in [-0.1, -0.05) is 54.6 Å². The minimum atomic E-state index is -0.264. The Hall–Kier alpha value is -4.57. The van der Waals surface area contributed by atoms with Crippen molar-refractivity contribution in [3.63, 3.8) is 0 Å². The topological polar surface area (TPSA) is 35.0 Å². The van der Waals surface area contributed by atoms with Crippen LogP contribution in [0.5, 0.6) is 5.75 Å². The molecule has 0 aliphatic rings. The van der Waals surface area contributed by atoms with Crippen LogP contribution in [0.4, 0.5) is 4.39 Å². The molecule has 0 spiro atoms. The van der Waals surface area contributed by atoms with Gasteiger partial charge in [-0.3, -0.25) is 4.98 Å². The predicted molar refractivity (Wildman–Crippen MR) is 139 cm³/mol. The van der Waals surface area contributed by atoms with Gasteiger partial charge in [-0.25, -0.2) is 9.37 Å². The summed E-state index contributed by atoms with van der Waals surface area (Å²) in [6.07, 6.45) is 3.67. The normalized spacial score (nSPS) is 11.1. The lowest BCUT2D eigenvalue weighted by atomic mass is 9.95. The van der Waals surface area contributed by atoms with Crippen LogP contribution in [0, 0.1) is 5.82 Å². The molecule has 0 atom stereocenters. The SMILES string of the molecule is Fc1ccccc1COc1ccc(-c2cc(-c3cccnc3)c3c(ccc4ccccc43)n2)cc1. The highest BCUT2D eigenvalue weighted by molar-refractivity contribution is 6.13. The second kappa shape index (κ2) is 8.99. The van der Waals surface area contributed by atoms with Crippen LogP contribution in [0.15, 0.2) is 116 Å². The van der Waals surface area contributed by atoms with Crippen LogP contribution in [0.25, 0.3) is 44.1 Å². The number of hydrogen-bond donors (Lipinski definition) is 0. The van der Waals surface area contributed by atoms with Gasteiger partial charge in [0, 0.05) is 34.5 Å². The maximum atomic E-state index is 13.9. The molecular formula is C31H21FN2O. The zero-order valence-electron chi connectivity index (χ0n) is 18.9. The third kappa shape index (κ3) is 4.11. The molecule has 0 fully saturated rings. The highest BCUT2D eigenvalue weighted by Gasteiger charge is 2.13. The average molecular weight is 457 g/mol. The first-order valence-electron chi connectivity index (χ1n) is 11.5. The van der Waals surface area contributed by atoms with Gasteiger partial charge >= 0.3 is 0 Å². The Balaban J connectivity index is 1.40. The first-order valence-corrected chi connectivity index (χ1v) is 11.5. The van der Waals surface area contributed by atoms with Crippen LogP contribution in [-0.2, 0) is 6.61 Å². The van der Waals surface area contributed by atoms with Crippen LogP contribution >= 0.6 is 0 Å². The van der Waals surface area contributed by atoms with Gasteiger partial charge in [0.2, 0.25) is 0 Å². The minimum Gasteiger partial charge on any atom is -0.489 e. The number of hydrogen-bond acceptors (Lipinski definition) is 3. The molecule has 3 nitrogen and oxygen atoms in total. The number of nitrogens with zero attached hydrogens (tertiary/aromatic N) is 2. The van der Waals surface area contributed by atoms with Gasteiger partial charge in [0.15, 0.2) is 0 Å². The molecule has 2 aromatic heterocycles. The van der Waals surface area contributed by atoms with Gasteiger partial charge in [-0.2, -0.15) is 0 Å². The molecule has 2 heterocycles. The second-order valence-corrected chi connectivity index (χ2v) is 8.38. The smallest absolute Gasteiger partial charge is 0.129 e. The van der Waals surface area contributed by atoms with Crippen LogP contribution in [0.3, 0.4) is 0 Å².